The normalized spacial score (nSPS) is 11.6. The molecule has 2 rings (SSSR count). The molecule has 0 fully saturated rings. The molecule has 106 valence electrons. The van der Waals surface area contributed by atoms with Crippen LogP contribution >= 0.6 is 0 Å². The molecule has 2 aromatic rings. The van der Waals surface area contributed by atoms with E-state index >= 15 is 0 Å². The van der Waals surface area contributed by atoms with Crippen LogP contribution in [0.2, 0.25) is 0 Å². The Hall–Kier alpha value is -2.10. The molecule has 1 amide bonds. The number of hydrogen-bond donors (Lipinski definition) is 1. The van der Waals surface area contributed by atoms with Crippen molar-refractivity contribution < 1.29 is 4.79 Å². The number of hydrogen-bond acceptors (Lipinski definition) is 2. The Morgan fingerprint density at radius 3 is 2.60 bits per heavy atom. The molecule has 0 aliphatic carbocycles. The van der Waals surface area contributed by atoms with Gasteiger partial charge in [-0.15, -0.1) is 0 Å². The SMILES string of the molecule is Cc1ccc2c(c1)c(=O)ccn2CC(=O)NC(C)(C)C. The van der Waals surface area contributed by atoms with E-state index in [4.69, 9.17) is 0 Å². The molecule has 0 atom stereocenters. The summed E-state index contributed by atoms with van der Waals surface area (Å²) < 4.78 is 1.80. The van der Waals surface area contributed by atoms with Gasteiger partial charge in [-0.05, 0) is 39.8 Å². The van der Waals surface area contributed by atoms with E-state index in [-0.39, 0.29) is 23.4 Å². The standard InChI is InChI=1S/C16H20N2O2/c1-11-5-6-13-12(9-11)14(19)7-8-18(13)10-15(20)17-16(2,3)4/h5-9H,10H2,1-4H3,(H,17,20). The van der Waals surface area contributed by atoms with Crippen molar-refractivity contribution >= 4 is 16.8 Å². The Bertz CT molecular complexity index is 708. The van der Waals surface area contributed by atoms with E-state index in [0.717, 1.165) is 11.1 Å². The van der Waals surface area contributed by atoms with Crippen LogP contribution in [-0.2, 0) is 11.3 Å². The van der Waals surface area contributed by atoms with Gasteiger partial charge >= 0.3 is 0 Å². The molecular weight excluding hydrogens is 252 g/mol. The number of amides is 1. The second-order valence-corrected chi connectivity index (χ2v) is 6.13. The third-order valence-corrected chi connectivity index (χ3v) is 2.96. The van der Waals surface area contributed by atoms with Crippen LogP contribution in [0, 0.1) is 6.92 Å². The number of benzene rings is 1. The fourth-order valence-electron chi connectivity index (χ4n) is 2.18. The van der Waals surface area contributed by atoms with Crippen LogP contribution in [0.5, 0.6) is 0 Å². The summed E-state index contributed by atoms with van der Waals surface area (Å²) in [4.78, 5) is 23.9. The predicted octanol–water partition coefficient (Wildman–Crippen LogP) is 2.22. The van der Waals surface area contributed by atoms with Gasteiger partial charge in [0.05, 0.1) is 5.52 Å². The molecule has 1 aromatic heterocycles. The minimum atomic E-state index is -0.261. The number of aryl methyl sites for hydroxylation is 1. The zero-order valence-electron chi connectivity index (χ0n) is 12.4. The first kappa shape index (κ1) is 14.3. The lowest BCUT2D eigenvalue weighted by atomic mass is 10.1. The molecule has 20 heavy (non-hydrogen) atoms. The minimum absolute atomic E-state index is 0.0174. The van der Waals surface area contributed by atoms with Crippen LogP contribution in [-0.4, -0.2) is 16.0 Å². The largest absolute Gasteiger partial charge is 0.350 e. The summed E-state index contributed by atoms with van der Waals surface area (Å²) in [6, 6.07) is 7.19. The van der Waals surface area contributed by atoms with Crippen LogP contribution < -0.4 is 10.7 Å². The van der Waals surface area contributed by atoms with Crippen molar-refractivity contribution in [3.05, 3.63) is 46.2 Å². The van der Waals surface area contributed by atoms with Crippen LogP contribution in [0.4, 0.5) is 0 Å². The summed E-state index contributed by atoms with van der Waals surface area (Å²) in [5.74, 6) is -0.0666. The number of pyridine rings is 1. The Morgan fingerprint density at radius 1 is 1.25 bits per heavy atom. The summed E-state index contributed by atoms with van der Waals surface area (Å²) in [7, 11) is 0. The highest BCUT2D eigenvalue weighted by molar-refractivity contribution is 5.82. The van der Waals surface area contributed by atoms with Gasteiger partial charge in [-0.1, -0.05) is 11.6 Å². The molecule has 0 aliphatic heterocycles. The topological polar surface area (TPSA) is 51.1 Å². The highest BCUT2D eigenvalue weighted by atomic mass is 16.2. The maximum atomic E-state index is 12.0. The minimum Gasteiger partial charge on any atom is -0.350 e. The Balaban J connectivity index is 2.39. The number of carbonyl (C=O) groups excluding carboxylic acids is 1. The number of nitrogens with zero attached hydrogens (tertiary/aromatic N) is 1. The lowest BCUT2D eigenvalue weighted by Gasteiger charge is -2.21. The molecule has 0 saturated heterocycles. The monoisotopic (exact) mass is 272 g/mol. The van der Waals surface area contributed by atoms with E-state index in [1.54, 1.807) is 10.8 Å². The highest BCUT2D eigenvalue weighted by Gasteiger charge is 2.14. The summed E-state index contributed by atoms with van der Waals surface area (Å²) in [6.07, 6.45) is 1.67. The van der Waals surface area contributed by atoms with Crippen LogP contribution in [0.15, 0.2) is 35.3 Å². The van der Waals surface area contributed by atoms with Crippen molar-refractivity contribution in [2.45, 2.75) is 39.8 Å². The average molecular weight is 272 g/mol. The number of rotatable bonds is 2. The van der Waals surface area contributed by atoms with Crippen LogP contribution in [0.3, 0.4) is 0 Å². The van der Waals surface area contributed by atoms with Gasteiger partial charge in [0.1, 0.15) is 6.54 Å². The molecular formula is C16H20N2O2. The van der Waals surface area contributed by atoms with Crippen LogP contribution in [0.1, 0.15) is 26.3 Å². The van der Waals surface area contributed by atoms with E-state index in [1.807, 2.05) is 45.9 Å². The number of fused-ring (bicyclic) bond motifs is 1. The summed E-state index contributed by atoms with van der Waals surface area (Å²) in [6.45, 7) is 7.98. The smallest absolute Gasteiger partial charge is 0.240 e. The van der Waals surface area contributed by atoms with Gasteiger partial charge in [0.15, 0.2) is 5.43 Å². The summed E-state index contributed by atoms with van der Waals surface area (Å²) >= 11 is 0. The molecule has 0 radical (unpaired) electrons. The molecule has 1 aromatic carbocycles. The van der Waals surface area contributed by atoms with E-state index in [2.05, 4.69) is 5.32 Å². The van der Waals surface area contributed by atoms with Crippen molar-refractivity contribution in [2.24, 2.45) is 0 Å². The van der Waals surface area contributed by atoms with Gasteiger partial charge in [-0.25, -0.2) is 0 Å². The first-order chi connectivity index (χ1) is 9.26. The van der Waals surface area contributed by atoms with Crippen molar-refractivity contribution in [3.63, 3.8) is 0 Å². The first-order valence-corrected chi connectivity index (χ1v) is 6.67. The Labute approximate surface area is 118 Å². The lowest BCUT2D eigenvalue weighted by molar-refractivity contribution is -0.123. The molecule has 0 aliphatic rings. The fourth-order valence-corrected chi connectivity index (χ4v) is 2.18. The van der Waals surface area contributed by atoms with Gasteiger partial charge in [-0.3, -0.25) is 9.59 Å². The van der Waals surface area contributed by atoms with E-state index in [9.17, 15) is 9.59 Å². The first-order valence-electron chi connectivity index (χ1n) is 6.67. The maximum Gasteiger partial charge on any atom is 0.240 e. The van der Waals surface area contributed by atoms with Crippen LogP contribution in [0.25, 0.3) is 10.9 Å². The van der Waals surface area contributed by atoms with Gasteiger partial charge in [0.2, 0.25) is 5.91 Å². The molecule has 1 N–H and O–H groups in total. The molecule has 1 heterocycles. The van der Waals surface area contributed by atoms with Gasteiger partial charge in [0, 0.05) is 23.2 Å². The Kier molecular flexibility index (Phi) is 3.66. The molecule has 0 unspecified atom stereocenters. The lowest BCUT2D eigenvalue weighted by Crippen LogP contribution is -2.42. The second-order valence-electron chi connectivity index (χ2n) is 6.13. The van der Waals surface area contributed by atoms with Crippen molar-refractivity contribution in [1.82, 2.24) is 9.88 Å². The predicted molar refractivity (Wildman–Crippen MR) is 80.8 cm³/mol. The quantitative estimate of drug-likeness (QED) is 0.911. The fraction of sp³-hybridized carbons (Fsp3) is 0.375. The van der Waals surface area contributed by atoms with E-state index in [1.165, 1.54) is 6.07 Å². The molecule has 0 bridgehead atoms. The maximum absolute atomic E-state index is 12.0. The Morgan fingerprint density at radius 2 is 1.95 bits per heavy atom. The zero-order chi connectivity index (χ0) is 14.9. The third-order valence-electron chi connectivity index (χ3n) is 2.96. The second kappa shape index (κ2) is 5.12. The van der Waals surface area contributed by atoms with Gasteiger partial charge in [-0.2, -0.15) is 0 Å². The summed E-state index contributed by atoms with van der Waals surface area (Å²) in [5.41, 5.74) is 1.54. The van der Waals surface area contributed by atoms with Crippen molar-refractivity contribution in [3.8, 4) is 0 Å². The highest BCUT2D eigenvalue weighted by Crippen LogP contribution is 2.12. The van der Waals surface area contributed by atoms with Crippen molar-refractivity contribution in [2.75, 3.05) is 0 Å². The molecule has 0 spiro atoms. The number of nitrogens with one attached hydrogen (secondary N) is 1. The van der Waals surface area contributed by atoms with Gasteiger partial charge in [0.25, 0.3) is 0 Å². The average Bonchev–Trinajstić information content (AvgIpc) is 2.30. The molecule has 4 nitrogen and oxygen atoms in total. The number of aromatic nitrogens is 1. The molecule has 0 saturated carbocycles. The van der Waals surface area contributed by atoms with Crippen molar-refractivity contribution in [1.29, 1.82) is 0 Å². The third kappa shape index (κ3) is 3.26. The number of carbonyl (C=O) groups is 1. The van der Waals surface area contributed by atoms with Gasteiger partial charge < -0.3 is 9.88 Å². The zero-order valence-corrected chi connectivity index (χ0v) is 12.4. The summed E-state index contributed by atoms with van der Waals surface area (Å²) in [5, 5.41) is 3.57. The van der Waals surface area contributed by atoms with E-state index in [0.29, 0.717) is 5.39 Å². The van der Waals surface area contributed by atoms with E-state index < -0.39 is 0 Å². The molecule has 4 heteroatoms.